The topological polar surface area (TPSA) is 42.0 Å². The van der Waals surface area contributed by atoms with Gasteiger partial charge in [-0.15, -0.1) is 11.3 Å². The fourth-order valence-electron chi connectivity index (χ4n) is 2.02. The number of nitrogens with zero attached hydrogens (tertiary/aromatic N) is 1. The second-order valence-electron chi connectivity index (χ2n) is 4.61. The van der Waals surface area contributed by atoms with Gasteiger partial charge in [-0.05, 0) is 23.1 Å². The highest BCUT2D eigenvalue weighted by atomic mass is 32.1. The lowest BCUT2D eigenvalue weighted by Gasteiger charge is -2.06. The molecule has 0 aliphatic rings. The zero-order valence-electron chi connectivity index (χ0n) is 11.3. The van der Waals surface area contributed by atoms with Crippen LogP contribution in [0.2, 0.25) is 0 Å². The predicted molar refractivity (Wildman–Crippen MR) is 85.2 cm³/mol. The Labute approximate surface area is 127 Å². The molecule has 0 aliphatic carbocycles. The molecular weight excluding hydrogens is 280 g/mol. The Morgan fingerprint density at radius 2 is 1.95 bits per heavy atom. The van der Waals surface area contributed by atoms with Crippen molar-refractivity contribution in [2.24, 2.45) is 0 Å². The molecule has 0 radical (unpaired) electrons. The molecule has 0 unspecified atom stereocenters. The molecule has 0 saturated carbocycles. The summed E-state index contributed by atoms with van der Waals surface area (Å²) in [7, 11) is 0. The van der Waals surface area contributed by atoms with Gasteiger partial charge in [0.25, 0.3) is 5.91 Å². The molecule has 3 rings (SSSR count). The predicted octanol–water partition coefficient (Wildman–Crippen LogP) is 3.74. The first-order valence-corrected chi connectivity index (χ1v) is 7.52. The second-order valence-corrected chi connectivity index (χ2v) is 5.56. The lowest BCUT2D eigenvalue weighted by atomic mass is 10.1. The molecular formula is C17H14N2OS. The van der Waals surface area contributed by atoms with Crippen molar-refractivity contribution < 1.29 is 4.79 Å². The molecule has 2 aromatic heterocycles. The molecule has 0 fully saturated rings. The molecule has 2 heterocycles. The van der Waals surface area contributed by atoms with E-state index < -0.39 is 0 Å². The Hall–Kier alpha value is -2.46. The lowest BCUT2D eigenvalue weighted by molar-refractivity contribution is 0.0950. The van der Waals surface area contributed by atoms with Crippen molar-refractivity contribution >= 4 is 17.2 Å². The average Bonchev–Trinajstić information content (AvgIpc) is 3.08. The van der Waals surface area contributed by atoms with Crippen LogP contribution in [0.5, 0.6) is 0 Å². The normalized spacial score (nSPS) is 10.3. The summed E-state index contributed by atoms with van der Waals surface area (Å²) >= 11 is 1.63. The minimum Gasteiger partial charge on any atom is -0.348 e. The van der Waals surface area contributed by atoms with Crippen molar-refractivity contribution in [2.45, 2.75) is 6.54 Å². The number of rotatable bonds is 4. The molecule has 1 aromatic carbocycles. The average molecular weight is 294 g/mol. The number of carbonyl (C=O) groups is 1. The molecule has 1 N–H and O–H groups in total. The monoisotopic (exact) mass is 294 g/mol. The first-order valence-electron chi connectivity index (χ1n) is 6.64. The van der Waals surface area contributed by atoms with E-state index in [1.165, 1.54) is 0 Å². The molecule has 1 amide bonds. The number of thiophene rings is 1. The highest BCUT2D eigenvalue weighted by Crippen LogP contribution is 2.24. The fraction of sp³-hybridized carbons (Fsp3) is 0.0588. The summed E-state index contributed by atoms with van der Waals surface area (Å²) in [6.07, 6.45) is 3.37. The van der Waals surface area contributed by atoms with Gasteiger partial charge < -0.3 is 5.32 Å². The van der Waals surface area contributed by atoms with Gasteiger partial charge in [0.05, 0.1) is 5.56 Å². The van der Waals surface area contributed by atoms with Crippen LogP contribution >= 0.6 is 11.3 Å². The van der Waals surface area contributed by atoms with Gasteiger partial charge in [0, 0.05) is 29.4 Å². The van der Waals surface area contributed by atoms with Gasteiger partial charge in [-0.1, -0.05) is 36.4 Å². The number of hydrogen-bond acceptors (Lipinski definition) is 3. The summed E-state index contributed by atoms with van der Waals surface area (Å²) in [5.74, 6) is -0.107. The van der Waals surface area contributed by atoms with E-state index in [2.05, 4.69) is 10.3 Å². The molecule has 3 aromatic rings. The van der Waals surface area contributed by atoms with Crippen molar-refractivity contribution in [3.63, 3.8) is 0 Å². The van der Waals surface area contributed by atoms with Crippen molar-refractivity contribution in [3.05, 3.63) is 77.4 Å². The van der Waals surface area contributed by atoms with E-state index in [4.69, 9.17) is 0 Å². The van der Waals surface area contributed by atoms with Crippen molar-refractivity contribution in [3.8, 4) is 10.4 Å². The summed E-state index contributed by atoms with van der Waals surface area (Å²) in [4.78, 5) is 17.5. The van der Waals surface area contributed by atoms with E-state index in [0.29, 0.717) is 12.1 Å². The van der Waals surface area contributed by atoms with E-state index in [-0.39, 0.29) is 5.91 Å². The minimum atomic E-state index is -0.107. The van der Waals surface area contributed by atoms with Crippen molar-refractivity contribution in [2.75, 3.05) is 0 Å². The van der Waals surface area contributed by atoms with Crippen LogP contribution in [0, 0.1) is 0 Å². The van der Waals surface area contributed by atoms with E-state index >= 15 is 0 Å². The second kappa shape index (κ2) is 6.33. The number of carbonyl (C=O) groups excluding carboxylic acids is 1. The van der Waals surface area contributed by atoms with Crippen LogP contribution in [0.1, 0.15) is 15.9 Å². The number of aromatic nitrogens is 1. The third-order valence-electron chi connectivity index (χ3n) is 3.10. The van der Waals surface area contributed by atoms with Gasteiger partial charge in [0.1, 0.15) is 0 Å². The maximum atomic E-state index is 12.2. The number of benzene rings is 1. The van der Waals surface area contributed by atoms with Gasteiger partial charge in [0.2, 0.25) is 0 Å². The van der Waals surface area contributed by atoms with Gasteiger partial charge in [0.15, 0.2) is 0 Å². The number of amides is 1. The van der Waals surface area contributed by atoms with E-state index in [0.717, 1.165) is 16.0 Å². The largest absolute Gasteiger partial charge is 0.348 e. The van der Waals surface area contributed by atoms with Crippen LogP contribution in [0.3, 0.4) is 0 Å². The van der Waals surface area contributed by atoms with E-state index in [1.54, 1.807) is 23.7 Å². The zero-order chi connectivity index (χ0) is 14.5. The highest BCUT2D eigenvalue weighted by Gasteiger charge is 2.08. The van der Waals surface area contributed by atoms with Crippen LogP contribution in [-0.2, 0) is 6.54 Å². The molecule has 0 atom stereocenters. The maximum absolute atomic E-state index is 12.2. The zero-order valence-corrected chi connectivity index (χ0v) is 12.1. The molecule has 4 heteroatoms. The summed E-state index contributed by atoms with van der Waals surface area (Å²) < 4.78 is 0. The Morgan fingerprint density at radius 3 is 2.71 bits per heavy atom. The van der Waals surface area contributed by atoms with Gasteiger partial charge in [-0.2, -0.15) is 0 Å². The van der Waals surface area contributed by atoms with Crippen LogP contribution in [-0.4, -0.2) is 10.9 Å². The first kappa shape index (κ1) is 13.5. The third-order valence-corrected chi connectivity index (χ3v) is 4.02. The minimum absolute atomic E-state index is 0.107. The summed E-state index contributed by atoms with van der Waals surface area (Å²) in [6, 6.07) is 15.7. The van der Waals surface area contributed by atoms with Crippen LogP contribution in [0.15, 0.2) is 66.3 Å². The highest BCUT2D eigenvalue weighted by molar-refractivity contribution is 7.13. The Bertz CT molecular complexity index is 724. The van der Waals surface area contributed by atoms with Crippen LogP contribution < -0.4 is 5.32 Å². The van der Waals surface area contributed by atoms with Gasteiger partial charge in [-0.3, -0.25) is 9.78 Å². The fourth-order valence-corrected chi connectivity index (χ4v) is 2.73. The Balaban J connectivity index is 1.72. The molecule has 0 spiro atoms. The number of nitrogens with one attached hydrogen (secondary N) is 1. The smallest absolute Gasteiger partial charge is 0.253 e. The molecule has 3 nitrogen and oxygen atoms in total. The SMILES string of the molecule is O=C(NCc1ccccc1)c1cncc(-c2cccs2)c1. The Morgan fingerprint density at radius 1 is 1.10 bits per heavy atom. The van der Waals surface area contributed by atoms with Crippen molar-refractivity contribution in [1.29, 1.82) is 0 Å². The molecule has 0 aliphatic heterocycles. The van der Waals surface area contributed by atoms with Crippen LogP contribution in [0.4, 0.5) is 0 Å². The van der Waals surface area contributed by atoms with Gasteiger partial charge in [-0.25, -0.2) is 0 Å². The molecule has 21 heavy (non-hydrogen) atoms. The van der Waals surface area contributed by atoms with Crippen LogP contribution in [0.25, 0.3) is 10.4 Å². The standard InChI is InChI=1S/C17H14N2OS/c20-17(19-10-13-5-2-1-3-6-13)15-9-14(11-18-12-15)16-7-4-8-21-16/h1-9,11-12H,10H2,(H,19,20). The maximum Gasteiger partial charge on any atom is 0.253 e. The number of hydrogen-bond donors (Lipinski definition) is 1. The van der Waals surface area contributed by atoms with Gasteiger partial charge >= 0.3 is 0 Å². The summed E-state index contributed by atoms with van der Waals surface area (Å²) in [5.41, 5.74) is 2.63. The lowest BCUT2D eigenvalue weighted by Crippen LogP contribution is -2.22. The van der Waals surface area contributed by atoms with E-state index in [1.807, 2.05) is 53.9 Å². The quantitative estimate of drug-likeness (QED) is 0.796. The summed E-state index contributed by atoms with van der Waals surface area (Å²) in [5, 5.41) is 4.92. The molecule has 104 valence electrons. The third kappa shape index (κ3) is 3.35. The summed E-state index contributed by atoms with van der Waals surface area (Å²) in [6.45, 7) is 0.517. The van der Waals surface area contributed by atoms with E-state index in [9.17, 15) is 4.79 Å². The Kier molecular flexibility index (Phi) is 4.07. The van der Waals surface area contributed by atoms with Crippen molar-refractivity contribution in [1.82, 2.24) is 10.3 Å². The number of pyridine rings is 1. The first-order chi connectivity index (χ1) is 10.3. The molecule has 0 saturated heterocycles. The molecule has 0 bridgehead atoms.